The molecule has 0 radical (unpaired) electrons. The van der Waals surface area contributed by atoms with E-state index < -0.39 is 10.0 Å². The molecule has 0 atom stereocenters. The molecule has 1 amide bonds. The van der Waals surface area contributed by atoms with Gasteiger partial charge in [0.25, 0.3) is 10.0 Å². The van der Waals surface area contributed by atoms with Crippen LogP contribution in [0.3, 0.4) is 0 Å². The second-order valence-electron chi connectivity index (χ2n) is 7.97. The van der Waals surface area contributed by atoms with Crippen molar-refractivity contribution in [3.8, 4) is 22.6 Å². The fourth-order valence-corrected chi connectivity index (χ4v) is 5.16. The highest BCUT2D eigenvalue weighted by atomic mass is 32.2. The van der Waals surface area contributed by atoms with Crippen molar-refractivity contribution in [3.63, 3.8) is 0 Å². The lowest BCUT2D eigenvalue weighted by molar-refractivity contribution is -0.116. The molecule has 11 heteroatoms. The Balaban J connectivity index is 1.83. The van der Waals surface area contributed by atoms with Crippen molar-refractivity contribution in [2.75, 3.05) is 24.3 Å². The Labute approximate surface area is 203 Å². The average molecular weight is 499 g/mol. The third-order valence-electron chi connectivity index (χ3n) is 5.59. The maximum atomic E-state index is 13.3. The molecular weight excluding hydrogens is 472 g/mol. The van der Waals surface area contributed by atoms with Gasteiger partial charge in [-0.2, -0.15) is 9.78 Å². The van der Waals surface area contributed by atoms with E-state index in [0.717, 1.165) is 6.42 Å². The van der Waals surface area contributed by atoms with Crippen molar-refractivity contribution >= 4 is 33.3 Å². The number of anilines is 2. The van der Waals surface area contributed by atoms with Gasteiger partial charge in [-0.05, 0) is 48.4 Å². The molecule has 184 valence electrons. The first-order valence-corrected chi connectivity index (χ1v) is 12.6. The normalized spacial score (nSPS) is 13.6. The molecule has 0 fully saturated rings. The van der Waals surface area contributed by atoms with Crippen LogP contribution in [-0.4, -0.2) is 44.2 Å². The molecule has 0 aliphatic carbocycles. The number of nitrogens with one attached hydrogen (secondary N) is 2. The molecular formula is C24H26N4O6S. The molecule has 2 heterocycles. The number of aryl methyl sites for hydroxylation is 1. The molecule has 4 rings (SSSR count). The minimum atomic E-state index is -4.06. The molecule has 10 nitrogen and oxygen atoms in total. The number of fused-ring (bicyclic) bond motifs is 1. The van der Waals surface area contributed by atoms with Gasteiger partial charge in [-0.3, -0.25) is 14.3 Å². The van der Waals surface area contributed by atoms with E-state index in [2.05, 4.69) is 15.1 Å². The fourth-order valence-electron chi connectivity index (χ4n) is 3.91. The molecule has 0 unspecified atom stereocenters. The lowest BCUT2D eigenvalue weighted by atomic mass is 10.0. The number of ether oxygens (including phenoxy) is 2. The summed E-state index contributed by atoms with van der Waals surface area (Å²) >= 11 is 0. The third kappa shape index (κ3) is 4.85. The average Bonchev–Trinajstić information content (AvgIpc) is 3.13. The monoisotopic (exact) mass is 498 g/mol. The number of amides is 1. The summed E-state index contributed by atoms with van der Waals surface area (Å²) in [5, 5.41) is 7.22. The second-order valence-corrected chi connectivity index (χ2v) is 9.62. The van der Waals surface area contributed by atoms with Crippen molar-refractivity contribution < 1.29 is 27.5 Å². The van der Waals surface area contributed by atoms with Crippen LogP contribution < -0.4 is 19.5 Å². The number of benzene rings is 2. The van der Waals surface area contributed by atoms with E-state index in [-0.39, 0.29) is 41.1 Å². The Morgan fingerprint density at radius 2 is 1.80 bits per heavy atom. The van der Waals surface area contributed by atoms with Gasteiger partial charge in [-0.1, -0.05) is 19.4 Å². The van der Waals surface area contributed by atoms with Gasteiger partial charge in [0.2, 0.25) is 11.8 Å². The standard InChI is InChI=1S/C24H26N4O6S/c1-4-5-18-23(24-25-21(29)12-13-22(30)28(24)26-18)15-6-11-19(34-3)20(14-15)35(31,32)27-16-7-9-17(33-2)10-8-16/h6-11,14,27H,4-5,12-13H2,1-3H3,(H,25,29). The van der Waals surface area contributed by atoms with Crippen LogP contribution in [0, 0.1) is 0 Å². The summed E-state index contributed by atoms with van der Waals surface area (Å²) in [6.45, 7) is 1.97. The summed E-state index contributed by atoms with van der Waals surface area (Å²) in [4.78, 5) is 24.8. The Hall–Kier alpha value is -3.86. The van der Waals surface area contributed by atoms with E-state index in [1.54, 1.807) is 30.3 Å². The van der Waals surface area contributed by atoms with Crippen LogP contribution in [0.25, 0.3) is 11.1 Å². The number of methoxy groups -OCH3 is 2. The molecule has 1 aliphatic heterocycles. The molecule has 35 heavy (non-hydrogen) atoms. The Morgan fingerprint density at radius 3 is 2.46 bits per heavy atom. The lowest BCUT2D eigenvalue weighted by Gasteiger charge is -2.14. The number of carbonyl (C=O) groups is 2. The van der Waals surface area contributed by atoms with Crippen LogP contribution in [-0.2, 0) is 21.2 Å². The maximum absolute atomic E-state index is 13.3. The summed E-state index contributed by atoms with van der Waals surface area (Å²) < 4.78 is 40.9. The molecule has 0 spiro atoms. The number of rotatable bonds is 8. The highest BCUT2D eigenvalue weighted by Gasteiger charge is 2.29. The zero-order valence-electron chi connectivity index (χ0n) is 19.6. The van der Waals surface area contributed by atoms with E-state index in [4.69, 9.17) is 9.47 Å². The van der Waals surface area contributed by atoms with Crippen LogP contribution in [0.15, 0.2) is 47.4 Å². The topological polar surface area (TPSA) is 129 Å². The molecule has 0 saturated heterocycles. The first-order chi connectivity index (χ1) is 16.8. The Bertz CT molecular complexity index is 1380. The van der Waals surface area contributed by atoms with Crippen LogP contribution in [0.1, 0.15) is 36.7 Å². The minimum absolute atomic E-state index is 0.0412. The van der Waals surface area contributed by atoms with Crippen molar-refractivity contribution in [3.05, 3.63) is 48.2 Å². The second kappa shape index (κ2) is 9.79. The smallest absolute Gasteiger partial charge is 0.265 e. The van der Waals surface area contributed by atoms with E-state index >= 15 is 0 Å². The molecule has 3 aromatic rings. The molecule has 2 N–H and O–H groups in total. The zero-order chi connectivity index (χ0) is 25.2. The number of hydrogen-bond acceptors (Lipinski definition) is 7. The molecule has 1 aliphatic rings. The Morgan fingerprint density at radius 1 is 1.06 bits per heavy atom. The van der Waals surface area contributed by atoms with Gasteiger partial charge in [0, 0.05) is 24.1 Å². The SMILES string of the molecule is CCCc1nn2c(c1-c1ccc(OC)c(S(=O)(=O)Nc3ccc(OC)cc3)c1)NC(=O)CCC2=O. The van der Waals surface area contributed by atoms with E-state index in [0.29, 0.717) is 34.7 Å². The quantitative estimate of drug-likeness (QED) is 0.485. The lowest BCUT2D eigenvalue weighted by Crippen LogP contribution is -2.14. The van der Waals surface area contributed by atoms with Crippen molar-refractivity contribution in [2.24, 2.45) is 0 Å². The van der Waals surface area contributed by atoms with Gasteiger partial charge in [-0.15, -0.1) is 0 Å². The van der Waals surface area contributed by atoms with E-state index in [1.807, 2.05) is 6.92 Å². The third-order valence-corrected chi connectivity index (χ3v) is 6.99. The molecule has 1 aromatic heterocycles. The maximum Gasteiger partial charge on any atom is 0.265 e. The van der Waals surface area contributed by atoms with Gasteiger partial charge < -0.3 is 14.8 Å². The number of carbonyl (C=O) groups excluding carboxylic acids is 2. The molecule has 2 aromatic carbocycles. The zero-order valence-corrected chi connectivity index (χ0v) is 20.4. The number of sulfonamides is 1. The predicted molar refractivity (Wildman–Crippen MR) is 131 cm³/mol. The van der Waals surface area contributed by atoms with Crippen molar-refractivity contribution in [2.45, 2.75) is 37.5 Å². The summed E-state index contributed by atoms with van der Waals surface area (Å²) in [7, 11) is -1.15. The summed E-state index contributed by atoms with van der Waals surface area (Å²) in [5.74, 6) is 0.380. The first kappa shape index (κ1) is 24.3. The highest BCUT2D eigenvalue weighted by Crippen LogP contribution is 2.38. The van der Waals surface area contributed by atoms with Gasteiger partial charge in [-0.25, -0.2) is 8.42 Å². The van der Waals surface area contributed by atoms with Crippen LogP contribution in [0.2, 0.25) is 0 Å². The summed E-state index contributed by atoms with van der Waals surface area (Å²) in [6.07, 6.45) is 1.38. The summed E-state index contributed by atoms with van der Waals surface area (Å²) in [5.41, 5.74) is 1.94. The Kier molecular flexibility index (Phi) is 6.79. The van der Waals surface area contributed by atoms with Crippen LogP contribution >= 0.6 is 0 Å². The largest absolute Gasteiger partial charge is 0.497 e. The van der Waals surface area contributed by atoms with Gasteiger partial charge in [0.1, 0.15) is 22.2 Å². The first-order valence-electron chi connectivity index (χ1n) is 11.1. The number of nitrogens with zero attached hydrogens (tertiary/aromatic N) is 2. The molecule has 0 bridgehead atoms. The van der Waals surface area contributed by atoms with Crippen molar-refractivity contribution in [1.29, 1.82) is 0 Å². The highest BCUT2D eigenvalue weighted by molar-refractivity contribution is 7.92. The van der Waals surface area contributed by atoms with Crippen molar-refractivity contribution in [1.82, 2.24) is 9.78 Å². The predicted octanol–water partition coefficient (Wildman–Crippen LogP) is 3.69. The minimum Gasteiger partial charge on any atom is -0.497 e. The van der Waals surface area contributed by atoms with Gasteiger partial charge in [0.15, 0.2) is 0 Å². The van der Waals surface area contributed by atoms with Crippen LogP contribution in [0.5, 0.6) is 11.5 Å². The number of aromatic nitrogens is 2. The molecule has 0 saturated carbocycles. The fraction of sp³-hybridized carbons (Fsp3) is 0.292. The van der Waals surface area contributed by atoms with Gasteiger partial charge in [0.05, 0.1) is 19.9 Å². The summed E-state index contributed by atoms with van der Waals surface area (Å²) in [6, 6.07) is 11.1. The van der Waals surface area contributed by atoms with E-state index in [1.165, 1.54) is 31.0 Å². The number of hydrogen-bond donors (Lipinski definition) is 2. The van der Waals surface area contributed by atoms with Crippen LogP contribution in [0.4, 0.5) is 11.5 Å². The van der Waals surface area contributed by atoms with E-state index in [9.17, 15) is 18.0 Å². The van der Waals surface area contributed by atoms with Gasteiger partial charge >= 0.3 is 0 Å².